The zero-order valence-electron chi connectivity index (χ0n) is 4.64. The van der Waals surface area contributed by atoms with E-state index in [1.54, 1.807) is 0 Å². The highest BCUT2D eigenvalue weighted by Gasteiger charge is 2.46. The second-order valence-corrected chi connectivity index (χ2v) is 4.14. The average Bonchev–Trinajstić information content (AvgIpc) is 1.51. The lowest BCUT2D eigenvalue weighted by Gasteiger charge is -2.49. The second-order valence-electron chi connectivity index (χ2n) is 2.69. The van der Waals surface area contributed by atoms with Gasteiger partial charge in [0.05, 0.1) is 0 Å². The summed E-state index contributed by atoms with van der Waals surface area (Å²) < 4.78 is 10.6. The third kappa shape index (κ3) is 0.486. The number of hydrogen-bond acceptors (Lipinski definition) is 2. The summed E-state index contributed by atoms with van der Waals surface area (Å²) in [6.45, 7) is 1.14. The summed E-state index contributed by atoms with van der Waals surface area (Å²) in [7, 11) is -0.473. The molecular formula is C5H9NOS. The van der Waals surface area contributed by atoms with Crippen molar-refractivity contribution in [2.45, 2.75) is 12.0 Å². The fraction of sp³-hybridized carbons (Fsp3) is 1.00. The Balaban J connectivity index is 2.01. The van der Waals surface area contributed by atoms with Gasteiger partial charge in [0.1, 0.15) is 0 Å². The zero-order valence-corrected chi connectivity index (χ0v) is 5.46. The molecule has 0 atom stereocenters. The van der Waals surface area contributed by atoms with Crippen LogP contribution in [0.1, 0.15) is 6.42 Å². The Bertz CT molecular complexity index is 131. The number of nitrogens with one attached hydrogen (secondary N) is 1. The van der Waals surface area contributed by atoms with Gasteiger partial charge in [-0.3, -0.25) is 4.21 Å². The van der Waals surface area contributed by atoms with Crippen LogP contribution in [0.25, 0.3) is 0 Å². The summed E-state index contributed by atoms with van der Waals surface area (Å²) in [6, 6.07) is 0. The van der Waals surface area contributed by atoms with Crippen molar-refractivity contribution in [2.75, 3.05) is 18.1 Å². The van der Waals surface area contributed by atoms with E-state index in [1.165, 1.54) is 6.42 Å². The lowest BCUT2D eigenvalue weighted by molar-refractivity contribution is 0.250. The Hall–Kier alpha value is 0.110. The Morgan fingerprint density at radius 1 is 1.50 bits per heavy atom. The van der Waals surface area contributed by atoms with Crippen LogP contribution in [0.2, 0.25) is 0 Å². The van der Waals surface area contributed by atoms with Gasteiger partial charge in [-0.2, -0.15) is 0 Å². The van der Waals surface area contributed by atoms with Crippen LogP contribution in [0.3, 0.4) is 0 Å². The van der Waals surface area contributed by atoms with Gasteiger partial charge in [0.25, 0.3) is 0 Å². The highest BCUT2D eigenvalue weighted by Crippen LogP contribution is 2.29. The maximum absolute atomic E-state index is 10.6. The molecule has 2 fully saturated rings. The smallest absolute Gasteiger partial charge is 0.0427 e. The number of rotatable bonds is 0. The molecule has 1 spiro atoms. The maximum atomic E-state index is 10.6. The summed E-state index contributed by atoms with van der Waals surface area (Å²) >= 11 is 0. The van der Waals surface area contributed by atoms with Gasteiger partial charge in [0, 0.05) is 27.8 Å². The van der Waals surface area contributed by atoms with E-state index in [0.29, 0.717) is 5.54 Å². The van der Waals surface area contributed by atoms with Crippen molar-refractivity contribution in [1.82, 2.24) is 5.32 Å². The van der Waals surface area contributed by atoms with Crippen LogP contribution in [0, 0.1) is 0 Å². The molecule has 2 nitrogen and oxygen atoms in total. The quantitative estimate of drug-likeness (QED) is 0.479. The molecule has 0 aromatic rings. The van der Waals surface area contributed by atoms with E-state index in [9.17, 15) is 4.21 Å². The van der Waals surface area contributed by atoms with Crippen molar-refractivity contribution in [3.05, 3.63) is 0 Å². The summed E-state index contributed by atoms with van der Waals surface area (Å²) in [5, 5.41) is 3.30. The molecular weight excluding hydrogens is 122 g/mol. The van der Waals surface area contributed by atoms with E-state index in [4.69, 9.17) is 0 Å². The number of hydrogen-bond donors (Lipinski definition) is 1. The summed E-state index contributed by atoms with van der Waals surface area (Å²) in [4.78, 5) is 0. The molecule has 0 saturated carbocycles. The lowest BCUT2D eigenvalue weighted by Crippen LogP contribution is -2.69. The molecule has 2 rings (SSSR count). The molecule has 0 amide bonds. The minimum atomic E-state index is -0.473. The lowest BCUT2D eigenvalue weighted by atomic mass is 9.92. The summed E-state index contributed by atoms with van der Waals surface area (Å²) in [6.07, 6.45) is 1.25. The summed E-state index contributed by atoms with van der Waals surface area (Å²) in [5.74, 6) is 1.82. The van der Waals surface area contributed by atoms with E-state index in [1.807, 2.05) is 0 Å². The third-order valence-electron chi connectivity index (χ3n) is 1.98. The second kappa shape index (κ2) is 1.33. The largest absolute Gasteiger partial charge is 0.309 e. The van der Waals surface area contributed by atoms with Gasteiger partial charge in [-0.25, -0.2) is 0 Å². The summed E-state index contributed by atoms with van der Waals surface area (Å²) in [5.41, 5.74) is 0.366. The molecule has 2 saturated heterocycles. The van der Waals surface area contributed by atoms with Crippen molar-refractivity contribution in [1.29, 1.82) is 0 Å². The first-order chi connectivity index (χ1) is 3.81. The molecule has 8 heavy (non-hydrogen) atoms. The zero-order chi connectivity index (χ0) is 5.61. The van der Waals surface area contributed by atoms with Crippen LogP contribution in [0.15, 0.2) is 0 Å². The molecule has 0 bridgehead atoms. The van der Waals surface area contributed by atoms with Crippen LogP contribution >= 0.6 is 0 Å². The highest BCUT2D eigenvalue weighted by molar-refractivity contribution is 7.86. The minimum absolute atomic E-state index is 0.366. The first-order valence-electron chi connectivity index (χ1n) is 2.91. The van der Waals surface area contributed by atoms with Gasteiger partial charge in [-0.05, 0) is 13.0 Å². The van der Waals surface area contributed by atoms with Gasteiger partial charge in [-0.15, -0.1) is 0 Å². The standard InChI is InChI=1S/C5H9NOS/c7-8-3-5(4-8)1-2-6-5/h6H,1-4H2. The molecule has 0 aliphatic carbocycles. The maximum Gasteiger partial charge on any atom is 0.0427 e. The molecule has 2 aliphatic heterocycles. The van der Waals surface area contributed by atoms with Crippen molar-refractivity contribution < 1.29 is 4.21 Å². The first kappa shape index (κ1) is 4.94. The highest BCUT2D eigenvalue weighted by atomic mass is 32.2. The molecule has 46 valence electrons. The fourth-order valence-electron chi connectivity index (χ4n) is 1.30. The molecule has 2 aliphatic rings. The molecule has 3 heteroatoms. The van der Waals surface area contributed by atoms with Crippen molar-refractivity contribution in [3.8, 4) is 0 Å². The van der Waals surface area contributed by atoms with E-state index in [0.717, 1.165) is 18.1 Å². The first-order valence-corrected chi connectivity index (χ1v) is 4.40. The van der Waals surface area contributed by atoms with Crippen molar-refractivity contribution in [2.24, 2.45) is 0 Å². The molecule has 0 radical (unpaired) electrons. The van der Waals surface area contributed by atoms with Crippen LogP contribution in [0.5, 0.6) is 0 Å². The van der Waals surface area contributed by atoms with E-state index in [2.05, 4.69) is 5.32 Å². The fourth-order valence-corrected chi connectivity index (χ4v) is 2.94. The van der Waals surface area contributed by atoms with Crippen molar-refractivity contribution in [3.63, 3.8) is 0 Å². The van der Waals surface area contributed by atoms with Gasteiger partial charge >= 0.3 is 0 Å². The Labute approximate surface area is 51.1 Å². The van der Waals surface area contributed by atoms with Gasteiger partial charge in [0.15, 0.2) is 0 Å². The van der Waals surface area contributed by atoms with E-state index >= 15 is 0 Å². The van der Waals surface area contributed by atoms with E-state index < -0.39 is 10.8 Å². The van der Waals surface area contributed by atoms with Crippen LogP contribution in [0.4, 0.5) is 0 Å². The Kier molecular flexibility index (Phi) is 0.823. The predicted octanol–water partition coefficient (Wildman–Crippen LogP) is -0.519. The SMILES string of the molecule is O=S1CC2(CCN2)C1. The molecule has 0 aromatic carbocycles. The van der Waals surface area contributed by atoms with E-state index in [-0.39, 0.29) is 0 Å². The minimum Gasteiger partial charge on any atom is -0.309 e. The third-order valence-corrected chi connectivity index (χ3v) is 3.73. The predicted molar refractivity (Wildman–Crippen MR) is 33.2 cm³/mol. The van der Waals surface area contributed by atoms with Gasteiger partial charge < -0.3 is 5.32 Å². The van der Waals surface area contributed by atoms with Crippen molar-refractivity contribution >= 4 is 10.8 Å². The molecule has 1 N–H and O–H groups in total. The normalized spacial score (nSPS) is 52.8. The Morgan fingerprint density at radius 2 is 2.12 bits per heavy atom. The van der Waals surface area contributed by atoms with Crippen LogP contribution in [-0.2, 0) is 10.8 Å². The average molecular weight is 131 g/mol. The topological polar surface area (TPSA) is 29.1 Å². The Morgan fingerprint density at radius 3 is 2.25 bits per heavy atom. The van der Waals surface area contributed by atoms with Gasteiger partial charge in [0.2, 0.25) is 0 Å². The monoisotopic (exact) mass is 131 g/mol. The molecule has 0 unspecified atom stereocenters. The van der Waals surface area contributed by atoms with Crippen LogP contribution in [-0.4, -0.2) is 27.8 Å². The molecule has 0 aromatic heterocycles. The van der Waals surface area contributed by atoms with Crippen LogP contribution < -0.4 is 5.32 Å². The van der Waals surface area contributed by atoms with Gasteiger partial charge in [-0.1, -0.05) is 0 Å². The molecule has 2 heterocycles.